The van der Waals surface area contributed by atoms with Crippen molar-refractivity contribution < 1.29 is 9.18 Å². The summed E-state index contributed by atoms with van der Waals surface area (Å²) in [6.07, 6.45) is 0. The van der Waals surface area contributed by atoms with Crippen LogP contribution in [0.1, 0.15) is 12.5 Å². The molecule has 1 amide bonds. The Morgan fingerprint density at radius 1 is 1.46 bits per heavy atom. The SMILES string of the molecule is CC(=O)NNc1ccc(C)cc1F. The molecule has 0 bridgehead atoms. The Balaban J connectivity index is 2.72. The maximum Gasteiger partial charge on any atom is 0.235 e. The predicted octanol–water partition coefficient (Wildman–Crippen LogP) is 1.60. The summed E-state index contributed by atoms with van der Waals surface area (Å²) in [6.45, 7) is 3.14. The molecule has 70 valence electrons. The molecule has 1 aromatic carbocycles. The molecule has 3 nitrogen and oxygen atoms in total. The van der Waals surface area contributed by atoms with Crippen molar-refractivity contribution in [2.45, 2.75) is 13.8 Å². The molecule has 0 aliphatic heterocycles. The van der Waals surface area contributed by atoms with Gasteiger partial charge >= 0.3 is 0 Å². The first-order chi connectivity index (χ1) is 6.09. The van der Waals surface area contributed by atoms with E-state index in [1.54, 1.807) is 19.1 Å². The number of hydrazine groups is 1. The molecular weight excluding hydrogens is 171 g/mol. The van der Waals surface area contributed by atoms with Crippen molar-refractivity contribution in [3.63, 3.8) is 0 Å². The van der Waals surface area contributed by atoms with E-state index >= 15 is 0 Å². The Morgan fingerprint density at radius 2 is 2.15 bits per heavy atom. The van der Waals surface area contributed by atoms with Gasteiger partial charge in [0, 0.05) is 6.92 Å². The maximum atomic E-state index is 13.1. The van der Waals surface area contributed by atoms with Crippen LogP contribution in [0, 0.1) is 12.7 Å². The highest BCUT2D eigenvalue weighted by Crippen LogP contribution is 2.13. The van der Waals surface area contributed by atoms with Gasteiger partial charge in [-0.25, -0.2) is 4.39 Å². The van der Waals surface area contributed by atoms with Crippen LogP contribution in [0.15, 0.2) is 18.2 Å². The summed E-state index contributed by atoms with van der Waals surface area (Å²) in [5.41, 5.74) is 5.86. The van der Waals surface area contributed by atoms with Crippen LogP contribution in [0.25, 0.3) is 0 Å². The molecule has 0 spiro atoms. The largest absolute Gasteiger partial charge is 0.296 e. The van der Waals surface area contributed by atoms with Crippen LogP contribution in [0.2, 0.25) is 0 Å². The zero-order valence-corrected chi connectivity index (χ0v) is 7.52. The van der Waals surface area contributed by atoms with E-state index in [1.165, 1.54) is 13.0 Å². The molecule has 0 saturated heterocycles. The molecule has 0 aliphatic rings. The Labute approximate surface area is 75.9 Å². The second-order valence-electron chi connectivity index (χ2n) is 2.79. The van der Waals surface area contributed by atoms with Crippen molar-refractivity contribution in [3.8, 4) is 0 Å². The van der Waals surface area contributed by atoms with Crippen molar-refractivity contribution in [1.29, 1.82) is 0 Å². The van der Waals surface area contributed by atoms with Crippen LogP contribution in [0.4, 0.5) is 10.1 Å². The molecular formula is C9H11FN2O. The van der Waals surface area contributed by atoms with Crippen molar-refractivity contribution in [2.24, 2.45) is 0 Å². The number of carbonyl (C=O) groups is 1. The minimum Gasteiger partial charge on any atom is -0.296 e. The van der Waals surface area contributed by atoms with Crippen LogP contribution in [-0.2, 0) is 4.79 Å². The Morgan fingerprint density at radius 3 is 2.69 bits per heavy atom. The molecule has 0 aliphatic carbocycles. The zero-order valence-electron chi connectivity index (χ0n) is 7.52. The minimum absolute atomic E-state index is 0.264. The van der Waals surface area contributed by atoms with Crippen LogP contribution in [0.5, 0.6) is 0 Å². The highest BCUT2D eigenvalue weighted by atomic mass is 19.1. The monoisotopic (exact) mass is 182 g/mol. The van der Waals surface area contributed by atoms with Crippen LogP contribution >= 0.6 is 0 Å². The fourth-order valence-corrected chi connectivity index (χ4v) is 0.877. The first-order valence-corrected chi connectivity index (χ1v) is 3.88. The zero-order chi connectivity index (χ0) is 9.84. The molecule has 1 rings (SSSR count). The number of nitrogens with one attached hydrogen (secondary N) is 2. The van der Waals surface area contributed by atoms with Gasteiger partial charge in [0.1, 0.15) is 5.82 Å². The Hall–Kier alpha value is -1.58. The third-order valence-corrected chi connectivity index (χ3v) is 1.50. The standard InChI is InChI=1S/C9H11FN2O/c1-6-3-4-9(8(10)5-6)12-11-7(2)13/h3-5,12H,1-2H3,(H,11,13). The van der Waals surface area contributed by atoms with Gasteiger partial charge in [-0.1, -0.05) is 6.07 Å². The molecule has 0 fully saturated rings. The molecule has 0 heterocycles. The van der Waals surface area contributed by atoms with E-state index in [4.69, 9.17) is 0 Å². The fraction of sp³-hybridized carbons (Fsp3) is 0.222. The Bertz CT molecular complexity index is 325. The number of amides is 1. The fourth-order valence-electron chi connectivity index (χ4n) is 0.877. The molecule has 0 saturated carbocycles. The summed E-state index contributed by atoms with van der Waals surface area (Å²) < 4.78 is 13.1. The number of carbonyl (C=O) groups excluding carboxylic acids is 1. The van der Waals surface area contributed by atoms with Crippen LogP contribution in [0.3, 0.4) is 0 Å². The molecule has 0 radical (unpaired) electrons. The third-order valence-electron chi connectivity index (χ3n) is 1.50. The first-order valence-electron chi connectivity index (χ1n) is 3.88. The van der Waals surface area contributed by atoms with Gasteiger partial charge in [-0.2, -0.15) is 0 Å². The summed E-state index contributed by atoms with van der Waals surface area (Å²) in [4.78, 5) is 10.5. The predicted molar refractivity (Wildman–Crippen MR) is 48.6 cm³/mol. The lowest BCUT2D eigenvalue weighted by Gasteiger charge is -2.07. The molecule has 13 heavy (non-hydrogen) atoms. The van der Waals surface area contributed by atoms with E-state index < -0.39 is 0 Å². The topological polar surface area (TPSA) is 41.1 Å². The number of halogens is 1. The molecule has 4 heteroatoms. The number of benzene rings is 1. The normalized spacial score (nSPS) is 9.46. The van der Waals surface area contributed by atoms with Gasteiger partial charge in [-0.15, -0.1) is 0 Å². The van der Waals surface area contributed by atoms with E-state index in [2.05, 4.69) is 10.9 Å². The first kappa shape index (κ1) is 9.51. The lowest BCUT2D eigenvalue weighted by molar-refractivity contribution is -0.118. The molecule has 0 aromatic heterocycles. The van der Waals surface area contributed by atoms with Crippen molar-refractivity contribution in [3.05, 3.63) is 29.6 Å². The van der Waals surface area contributed by atoms with Crippen molar-refractivity contribution in [2.75, 3.05) is 5.43 Å². The van der Waals surface area contributed by atoms with Gasteiger partial charge in [0.2, 0.25) is 5.91 Å². The second kappa shape index (κ2) is 3.89. The highest BCUT2D eigenvalue weighted by Gasteiger charge is 2.00. The number of aryl methyl sites for hydroxylation is 1. The second-order valence-corrected chi connectivity index (χ2v) is 2.79. The smallest absolute Gasteiger partial charge is 0.235 e. The van der Waals surface area contributed by atoms with Gasteiger partial charge in [0.15, 0.2) is 0 Å². The van der Waals surface area contributed by atoms with Crippen LogP contribution in [-0.4, -0.2) is 5.91 Å². The average Bonchev–Trinajstić information content (AvgIpc) is 2.02. The molecule has 0 unspecified atom stereocenters. The van der Waals surface area contributed by atoms with Crippen molar-refractivity contribution in [1.82, 2.24) is 5.43 Å². The number of hydrogen-bond acceptors (Lipinski definition) is 2. The average molecular weight is 182 g/mol. The van der Waals surface area contributed by atoms with E-state index in [1.807, 2.05) is 0 Å². The lowest BCUT2D eigenvalue weighted by atomic mass is 10.2. The molecule has 0 atom stereocenters. The van der Waals surface area contributed by atoms with E-state index in [9.17, 15) is 9.18 Å². The number of rotatable bonds is 2. The van der Waals surface area contributed by atoms with E-state index in [0.29, 0.717) is 0 Å². The van der Waals surface area contributed by atoms with Crippen molar-refractivity contribution >= 4 is 11.6 Å². The number of hydrogen-bond donors (Lipinski definition) is 2. The summed E-state index contributed by atoms with van der Waals surface area (Å²) in [6, 6.07) is 4.72. The Kier molecular flexibility index (Phi) is 2.84. The van der Waals surface area contributed by atoms with Gasteiger partial charge in [-0.05, 0) is 24.6 Å². The van der Waals surface area contributed by atoms with Gasteiger partial charge in [0.05, 0.1) is 5.69 Å². The highest BCUT2D eigenvalue weighted by molar-refractivity contribution is 5.74. The summed E-state index contributed by atoms with van der Waals surface area (Å²) in [5, 5.41) is 0. The lowest BCUT2D eigenvalue weighted by Crippen LogP contribution is -2.27. The van der Waals surface area contributed by atoms with Gasteiger partial charge < -0.3 is 0 Å². The van der Waals surface area contributed by atoms with E-state index in [-0.39, 0.29) is 17.4 Å². The number of anilines is 1. The van der Waals surface area contributed by atoms with Crippen LogP contribution < -0.4 is 10.9 Å². The summed E-state index contributed by atoms with van der Waals surface area (Å²) in [7, 11) is 0. The molecule has 1 aromatic rings. The molecule has 2 N–H and O–H groups in total. The summed E-state index contributed by atoms with van der Waals surface area (Å²) in [5.74, 6) is -0.645. The van der Waals surface area contributed by atoms with Gasteiger partial charge in [0.25, 0.3) is 0 Å². The maximum absolute atomic E-state index is 13.1. The van der Waals surface area contributed by atoms with E-state index in [0.717, 1.165) is 5.56 Å². The summed E-state index contributed by atoms with van der Waals surface area (Å²) >= 11 is 0. The quantitative estimate of drug-likeness (QED) is 0.682. The minimum atomic E-state index is -0.381. The third kappa shape index (κ3) is 2.74. The van der Waals surface area contributed by atoms with Gasteiger partial charge in [-0.3, -0.25) is 15.6 Å².